The minimum absolute atomic E-state index is 0.0289. The van der Waals surface area contributed by atoms with Gasteiger partial charge in [-0.15, -0.1) is 0 Å². The van der Waals surface area contributed by atoms with Crippen LogP contribution >= 0.6 is 0 Å². The summed E-state index contributed by atoms with van der Waals surface area (Å²) in [6.07, 6.45) is 1.89. The van der Waals surface area contributed by atoms with Gasteiger partial charge in [-0.2, -0.15) is 0 Å². The molecule has 1 aromatic rings. The minimum Gasteiger partial charge on any atom is -0.354 e. The summed E-state index contributed by atoms with van der Waals surface area (Å²) in [5, 5.41) is 2.95. The zero-order chi connectivity index (χ0) is 14.5. The molecule has 1 heterocycles. The van der Waals surface area contributed by atoms with E-state index in [4.69, 9.17) is 5.73 Å². The molecular weight excluding hydrogens is 257 g/mol. The predicted molar refractivity (Wildman–Crippen MR) is 76.4 cm³/mol. The van der Waals surface area contributed by atoms with Gasteiger partial charge in [0.2, 0.25) is 5.91 Å². The van der Waals surface area contributed by atoms with Crippen LogP contribution in [0.2, 0.25) is 0 Å². The number of nitrogens with one attached hydrogen (secondary N) is 1. The molecule has 0 atom stereocenters. The molecule has 3 N–H and O–H groups in total. The molecule has 1 amide bonds. The Labute approximate surface area is 119 Å². The van der Waals surface area contributed by atoms with Gasteiger partial charge in [-0.05, 0) is 36.1 Å². The number of rotatable bonds is 4. The molecule has 4 nitrogen and oxygen atoms in total. The molecule has 0 radical (unpaired) electrons. The lowest BCUT2D eigenvalue weighted by Crippen LogP contribution is -2.43. The highest BCUT2D eigenvalue weighted by Crippen LogP contribution is 2.16. The molecule has 0 unspecified atom stereocenters. The number of carbonyl (C=O) groups is 1. The van der Waals surface area contributed by atoms with Crippen LogP contribution in [0.25, 0.3) is 0 Å². The number of halogens is 1. The first-order valence-corrected chi connectivity index (χ1v) is 7.04. The van der Waals surface area contributed by atoms with Crippen molar-refractivity contribution in [3.8, 4) is 0 Å². The number of benzene rings is 1. The lowest BCUT2D eigenvalue weighted by Gasteiger charge is -2.32. The molecule has 20 heavy (non-hydrogen) atoms. The molecule has 1 fully saturated rings. The second-order valence-corrected chi connectivity index (χ2v) is 5.42. The van der Waals surface area contributed by atoms with E-state index in [9.17, 15) is 9.18 Å². The summed E-state index contributed by atoms with van der Waals surface area (Å²) >= 11 is 0. The Morgan fingerprint density at radius 1 is 1.35 bits per heavy atom. The lowest BCUT2D eigenvalue weighted by molar-refractivity contribution is -0.119. The highest BCUT2D eigenvalue weighted by molar-refractivity contribution is 5.73. The van der Waals surface area contributed by atoms with Crippen LogP contribution in [-0.4, -0.2) is 29.9 Å². The van der Waals surface area contributed by atoms with Crippen LogP contribution in [0.15, 0.2) is 18.2 Å². The molecule has 0 spiro atoms. The summed E-state index contributed by atoms with van der Waals surface area (Å²) in [5.74, 6) is -0.197. The molecule has 0 aliphatic carbocycles. The van der Waals surface area contributed by atoms with Crippen LogP contribution in [-0.2, 0) is 17.9 Å². The number of piperidine rings is 1. The van der Waals surface area contributed by atoms with Gasteiger partial charge in [0.15, 0.2) is 0 Å². The summed E-state index contributed by atoms with van der Waals surface area (Å²) in [6.45, 7) is 4.47. The fourth-order valence-corrected chi connectivity index (χ4v) is 2.71. The van der Waals surface area contributed by atoms with E-state index >= 15 is 0 Å². The molecule has 0 aromatic heterocycles. The summed E-state index contributed by atoms with van der Waals surface area (Å²) in [5.41, 5.74) is 7.35. The van der Waals surface area contributed by atoms with Crippen molar-refractivity contribution in [3.63, 3.8) is 0 Å². The van der Waals surface area contributed by atoms with Gasteiger partial charge < -0.3 is 11.1 Å². The third-order valence-corrected chi connectivity index (χ3v) is 3.65. The molecular formula is C15H22FN3O. The van der Waals surface area contributed by atoms with Crippen molar-refractivity contribution in [2.24, 2.45) is 5.73 Å². The number of hydrogen-bond acceptors (Lipinski definition) is 3. The first-order valence-electron chi connectivity index (χ1n) is 7.04. The van der Waals surface area contributed by atoms with Crippen molar-refractivity contribution >= 4 is 5.91 Å². The molecule has 1 aliphatic rings. The third kappa shape index (κ3) is 4.28. The van der Waals surface area contributed by atoms with Crippen LogP contribution in [0.1, 0.15) is 30.9 Å². The van der Waals surface area contributed by atoms with E-state index in [2.05, 4.69) is 10.2 Å². The molecule has 0 bridgehead atoms. The maximum Gasteiger partial charge on any atom is 0.217 e. The summed E-state index contributed by atoms with van der Waals surface area (Å²) in [4.78, 5) is 13.3. The first kappa shape index (κ1) is 14.9. The van der Waals surface area contributed by atoms with E-state index in [0.717, 1.165) is 43.6 Å². The second kappa shape index (κ2) is 6.81. The van der Waals surface area contributed by atoms with Crippen LogP contribution in [0.5, 0.6) is 0 Å². The maximum atomic E-state index is 13.5. The van der Waals surface area contributed by atoms with E-state index in [-0.39, 0.29) is 17.8 Å². The Balaban J connectivity index is 1.89. The number of hydrogen-bond donors (Lipinski definition) is 2. The number of likely N-dealkylation sites (tertiary alicyclic amines) is 1. The van der Waals surface area contributed by atoms with Crippen molar-refractivity contribution in [2.45, 2.75) is 38.9 Å². The van der Waals surface area contributed by atoms with E-state index in [1.54, 1.807) is 13.0 Å². The van der Waals surface area contributed by atoms with Gasteiger partial charge in [0.1, 0.15) is 5.82 Å². The van der Waals surface area contributed by atoms with Crippen molar-refractivity contribution in [1.82, 2.24) is 10.2 Å². The molecule has 1 aliphatic heterocycles. The average molecular weight is 279 g/mol. The Kier molecular flexibility index (Phi) is 5.09. The van der Waals surface area contributed by atoms with Gasteiger partial charge >= 0.3 is 0 Å². The van der Waals surface area contributed by atoms with Crippen LogP contribution in [0.4, 0.5) is 4.39 Å². The Hall–Kier alpha value is -1.46. The van der Waals surface area contributed by atoms with Gasteiger partial charge in [-0.25, -0.2) is 4.39 Å². The molecule has 5 heteroatoms. The lowest BCUT2D eigenvalue weighted by atomic mass is 10.0. The van der Waals surface area contributed by atoms with Crippen molar-refractivity contribution < 1.29 is 9.18 Å². The smallest absolute Gasteiger partial charge is 0.217 e. The predicted octanol–water partition coefficient (Wildman–Crippen LogP) is 1.38. The summed E-state index contributed by atoms with van der Waals surface area (Å²) in [6, 6.07) is 5.28. The monoisotopic (exact) mass is 279 g/mol. The van der Waals surface area contributed by atoms with E-state index < -0.39 is 0 Å². The normalized spacial score (nSPS) is 17.1. The van der Waals surface area contributed by atoms with Gasteiger partial charge in [-0.1, -0.05) is 6.07 Å². The van der Waals surface area contributed by atoms with Gasteiger partial charge in [0.05, 0.1) is 0 Å². The zero-order valence-electron chi connectivity index (χ0n) is 11.9. The minimum atomic E-state index is -0.226. The van der Waals surface area contributed by atoms with E-state index in [1.807, 2.05) is 6.07 Å². The topological polar surface area (TPSA) is 58.4 Å². The fraction of sp³-hybridized carbons (Fsp3) is 0.533. The van der Waals surface area contributed by atoms with Crippen LogP contribution in [0.3, 0.4) is 0 Å². The standard InChI is InChI=1S/C15H22FN3O/c1-11(20)18-15-2-4-19(5-3-15)10-13-6-12(9-17)7-14(16)8-13/h6-8,15H,2-5,9-10,17H2,1H3,(H,18,20). The van der Waals surface area contributed by atoms with Gasteiger partial charge in [0.25, 0.3) is 0 Å². The molecule has 1 aromatic carbocycles. The molecule has 110 valence electrons. The third-order valence-electron chi connectivity index (χ3n) is 3.65. The Morgan fingerprint density at radius 3 is 2.60 bits per heavy atom. The Bertz CT molecular complexity index is 470. The highest BCUT2D eigenvalue weighted by atomic mass is 19.1. The zero-order valence-corrected chi connectivity index (χ0v) is 11.9. The van der Waals surface area contributed by atoms with Crippen molar-refractivity contribution in [3.05, 3.63) is 35.1 Å². The first-order chi connectivity index (χ1) is 9.56. The molecule has 2 rings (SSSR count). The largest absolute Gasteiger partial charge is 0.354 e. The number of carbonyl (C=O) groups excluding carboxylic acids is 1. The number of nitrogens with two attached hydrogens (primary N) is 1. The van der Waals surface area contributed by atoms with Gasteiger partial charge in [-0.3, -0.25) is 9.69 Å². The van der Waals surface area contributed by atoms with E-state index in [1.165, 1.54) is 6.07 Å². The van der Waals surface area contributed by atoms with Crippen LogP contribution in [0, 0.1) is 5.82 Å². The second-order valence-electron chi connectivity index (χ2n) is 5.42. The average Bonchev–Trinajstić information content (AvgIpc) is 2.39. The molecule has 1 saturated heterocycles. The highest BCUT2D eigenvalue weighted by Gasteiger charge is 2.19. The Morgan fingerprint density at radius 2 is 2.00 bits per heavy atom. The summed E-state index contributed by atoms with van der Waals surface area (Å²) in [7, 11) is 0. The van der Waals surface area contributed by atoms with Gasteiger partial charge in [0, 0.05) is 39.1 Å². The number of amides is 1. The van der Waals surface area contributed by atoms with Crippen LogP contribution < -0.4 is 11.1 Å². The number of nitrogens with zero attached hydrogens (tertiary/aromatic N) is 1. The summed E-state index contributed by atoms with van der Waals surface area (Å²) < 4.78 is 13.5. The SMILES string of the molecule is CC(=O)NC1CCN(Cc2cc(F)cc(CN)c2)CC1. The quantitative estimate of drug-likeness (QED) is 0.875. The molecule has 0 saturated carbocycles. The fourth-order valence-electron chi connectivity index (χ4n) is 2.71. The van der Waals surface area contributed by atoms with E-state index in [0.29, 0.717) is 6.54 Å². The van der Waals surface area contributed by atoms with Crippen molar-refractivity contribution in [1.29, 1.82) is 0 Å². The van der Waals surface area contributed by atoms with Crippen molar-refractivity contribution in [2.75, 3.05) is 13.1 Å². The maximum absolute atomic E-state index is 13.5.